The highest BCUT2D eigenvalue weighted by molar-refractivity contribution is 5.36. The smallest absolute Gasteiger partial charge is 0.218 e. The molecule has 0 bridgehead atoms. The van der Waals surface area contributed by atoms with Crippen LogP contribution in [0.4, 0.5) is 5.82 Å². The third kappa shape index (κ3) is 4.02. The van der Waals surface area contributed by atoms with Crippen LogP contribution in [0, 0.1) is 0 Å². The minimum Gasteiger partial charge on any atom is -0.478 e. The second-order valence-electron chi connectivity index (χ2n) is 3.60. The zero-order valence-electron chi connectivity index (χ0n) is 9.99. The zero-order valence-corrected chi connectivity index (χ0v) is 9.99. The number of unbranched alkanes of at least 4 members (excludes halogenated alkanes) is 1. The third-order valence-electron chi connectivity index (χ3n) is 2.12. The zero-order chi connectivity index (χ0) is 11.8. The van der Waals surface area contributed by atoms with Gasteiger partial charge in [-0.15, -0.1) is 0 Å². The summed E-state index contributed by atoms with van der Waals surface area (Å²) in [6, 6.07) is 1.72. The number of nitrogens with one attached hydrogen (secondary N) is 1. The van der Waals surface area contributed by atoms with E-state index in [9.17, 15) is 0 Å². The van der Waals surface area contributed by atoms with Crippen LogP contribution in [0.25, 0.3) is 0 Å². The molecule has 1 aromatic rings. The molecule has 0 atom stereocenters. The number of aryl methyl sites for hydroxylation is 1. The molecule has 1 heterocycles. The summed E-state index contributed by atoms with van der Waals surface area (Å²) < 4.78 is 5.53. The molecule has 0 aliphatic rings. The second-order valence-corrected chi connectivity index (χ2v) is 3.60. The summed E-state index contributed by atoms with van der Waals surface area (Å²) in [6.45, 7) is 4.89. The van der Waals surface area contributed by atoms with E-state index in [2.05, 4.69) is 29.2 Å². The first-order valence-electron chi connectivity index (χ1n) is 5.77. The molecule has 0 aromatic carbocycles. The van der Waals surface area contributed by atoms with E-state index in [4.69, 9.17) is 10.6 Å². The molecule has 0 radical (unpaired) electrons. The maximum atomic E-state index is 5.53. The minimum atomic E-state index is 0.597. The van der Waals surface area contributed by atoms with Crippen molar-refractivity contribution in [3.05, 3.63) is 11.9 Å². The maximum absolute atomic E-state index is 5.53. The normalized spacial score (nSPS) is 10.2. The SMILES string of the molecule is CCCCOc1cc(NN)nc(CCC)n1. The lowest BCUT2D eigenvalue weighted by Crippen LogP contribution is -2.11. The number of nitrogens with two attached hydrogens (primary N) is 1. The van der Waals surface area contributed by atoms with Crippen molar-refractivity contribution in [1.82, 2.24) is 9.97 Å². The minimum absolute atomic E-state index is 0.597. The van der Waals surface area contributed by atoms with Crippen LogP contribution in [-0.4, -0.2) is 16.6 Å². The quantitative estimate of drug-likeness (QED) is 0.420. The molecular weight excluding hydrogens is 204 g/mol. The summed E-state index contributed by atoms with van der Waals surface area (Å²) in [5, 5.41) is 0. The molecule has 0 aliphatic heterocycles. The van der Waals surface area contributed by atoms with Gasteiger partial charge < -0.3 is 10.2 Å². The third-order valence-corrected chi connectivity index (χ3v) is 2.12. The summed E-state index contributed by atoms with van der Waals surface area (Å²) in [6.07, 6.45) is 3.97. The molecule has 1 aromatic heterocycles. The lowest BCUT2D eigenvalue weighted by molar-refractivity contribution is 0.296. The first-order valence-corrected chi connectivity index (χ1v) is 5.77. The Morgan fingerprint density at radius 3 is 2.75 bits per heavy atom. The molecule has 5 nitrogen and oxygen atoms in total. The fourth-order valence-corrected chi connectivity index (χ4v) is 1.28. The van der Waals surface area contributed by atoms with Crippen molar-refractivity contribution in [2.75, 3.05) is 12.0 Å². The van der Waals surface area contributed by atoms with E-state index in [1.165, 1.54) is 0 Å². The highest BCUT2D eigenvalue weighted by Gasteiger charge is 2.04. The number of aromatic nitrogens is 2. The summed E-state index contributed by atoms with van der Waals surface area (Å²) in [5.74, 6) is 7.31. The van der Waals surface area contributed by atoms with Gasteiger partial charge in [0.25, 0.3) is 0 Å². The number of nitrogen functional groups attached to an aromatic ring is 1. The topological polar surface area (TPSA) is 73.1 Å². The Morgan fingerprint density at radius 2 is 2.12 bits per heavy atom. The number of hydrogen-bond donors (Lipinski definition) is 2. The summed E-state index contributed by atoms with van der Waals surface area (Å²) in [5.41, 5.74) is 2.53. The maximum Gasteiger partial charge on any atom is 0.218 e. The van der Waals surface area contributed by atoms with E-state index in [-0.39, 0.29) is 0 Å². The Kier molecular flexibility index (Phi) is 5.56. The van der Waals surface area contributed by atoms with Crippen molar-refractivity contribution < 1.29 is 4.74 Å². The number of hydrazine groups is 1. The van der Waals surface area contributed by atoms with Gasteiger partial charge in [-0.05, 0) is 12.8 Å². The van der Waals surface area contributed by atoms with Gasteiger partial charge in [0, 0.05) is 12.5 Å². The van der Waals surface area contributed by atoms with Gasteiger partial charge >= 0.3 is 0 Å². The fourth-order valence-electron chi connectivity index (χ4n) is 1.28. The molecule has 0 amide bonds. The average molecular weight is 224 g/mol. The summed E-state index contributed by atoms with van der Waals surface area (Å²) in [7, 11) is 0. The fraction of sp³-hybridized carbons (Fsp3) is 0.636. The van der Waals surface area contributed by atoms with Crippen molar-refractivity contribution in [3.63, 3.8) is 0 Å². The Hall–Kier alpha value is -1.36. The van der Waals surface area contributed by atoms with Crippen molar-refractivity contribution in [2.45, 2.75) is 39.5 Å². The first-order chi connectivity index (χ1) is 7.80. The van der Waals surface area contributed by atoms with Gasteiger partial charge in [0.05, 0.1) is 6.61 Å². The number of rotatable bonds is 7. The van der Waals surface area contributed by atoms with E-state index < -0.39 is 0 Å². The monoisotopic (exact) mass is 224 g/mol. The second kappa shape index (κ2) is 7.00. The molecule has 3 N–H and O–H groups in total. The predicted octanol–water partition coefficient (Wildman–Crippen LogP) is 1.89. The van der Waals surface area contributed by atoms with Gasteiger partial charge in [0.15, 0.2) is 0 Å². The average Bonchev–Trinajstić information content (AvgIpc) is 2.29. The van der Waals surface area contributed by atoms with Crippen LogP contribution in [0.5, 0.6) is 5.88 Å². The molecule has 0 unspecified atom stereocenters. The Morgan fingerprint density at radius 1 is 1.31 bits per heavy atom. The molecular formula is C11H20N4O. The first kappa shape index (κ1) is 12.7. The van der Waals surface area contributed by atoms with Gasteiger partial charge in [-0.25, -0.2) is 10.8 Å². The van der Waals surface area contributed by atoms with Gasteiger partial charge in [-0.2, -0.15) is 4.98 Å². The van der Waals surface area contributed by atoms with Crippen LogP contribution < -0.4 is 16.0 Å². The molecule has 0 fully saturated rings. The number of nitrogens with zero attached hydrogens (tertiary/aromatic N) is 2. The van der Waals surface area contributed by atoms with Crippen molar-refractivity contribution in [3.8, 4) is 5.88 Å². The van der Waals surface area contributed by atoms with E-state index in [1.807, 2.05) is 0 Å². The van der Waals surface area contributed by atoms with Crippen LogP contribution in [-0.2, 0) is 6.42 Å². The lowest BCUT2D eigenvalue weighted by Gasteiger charge is -2.08. The Labute approximate surface area is 96.4 Å². The van der Waals surface area contributed by atoms with E-state index in [0.717, 1.165) is 31.5 Å². The number of anilines is 1. The van der Waals surface area contributed by atoms with E-state index in [1.54, 1.807) is 6.07 Å². The van der Waals surface area contributed by atoms with Crippen molar-refractivity contribution >= 4 is 5.82 Å². The van der Waals surface area contributed by atoms with Gasteiger partial charge in [0.1, 0.15) is 11.6 Å². The molecule has 1 rings (SSSR count). The molecule has 16 heavy (non-hydrogen) atoms. The van der Waals surface area contributed by atoms with Crippen LogP contribution in [0.15, 0.2) is 6.07 Å². The molecule has 0 saturated heterocycles. The highest BCUT2D eigenvalue weighted by Crippen LogP contribution is 2.14. The molecule has 0 saturated carbocycles. The number of hydrogen-bond acceptors (Lipinski definition) is 5. The summed E-state index contributed by atoms with van der Waals surface area (Å²) in [4.78, 5) is 8.56. The van der Waals surface area contributed by atoms with E-state index in [0.29, 0.717) is 18.3 Å². The van der Waals surface area contributed by atoms with Crippen LogP contribution in [0.1, 0.15) is 38.9 Å². The van der Waals surface area contributed by atoms with Crippen LogP contribution in [0.3, 0.4) is 0 Å². The lowest BCUT2D eigenvalue weighted by atomic mass is 10.3. The Bertz CT molecular complexity index is 317. The standard InChI is InChI=1S/C11H20N4O/c1-3-5-7-16-11-8-10(15-12)13-9(14-11)6-4-2/h8H,3-7,12H2,1-2H3,(H,13,14,15). The predicted molar refractivity (Wildman–Crippen MR) is 64.2 cm³/mol. The van der Waals surface area contributed by atoms with Crippen molar-refractivity contribution in [1.29, 1.82) is 0 Å². The summed E-state index contributed by atoms with van der Waals surface area (Å²) >= 11 is 0. The van der Waals surface area contributed by atoms with Gasteiger partial charge in [-0.1, -0.05) is 20.3 Å². The van der Waals surface area contributed by atoms with Crippen LogP contribution >= 0.6 is 0 Å². The van der Waals surface area contributed by atoms with Gasteiger partial charge in [0.2, 0.25) is 5.88 Å². The molecule has 90 valence electrons. The van der Waals surface area contributed by atoms with Crippen molar-refractivity contribution in [2.24, 2.45) is 5.84 Å². The van der Waals surface area contributed by atoms with E-state index >= 15 is 0 Å². The molecule has 0 aliphatic carbocycles. The Balaban J connectivity index is 2.69. The highest BCUT2D eigenvalue weighted by atomic mass is 16.5. The van der Waals surface area contributed by atoms with Crippen LogP contribution in [0.2, 0.25) is 0 Å². The van der Waals surface area contributed by atoms with Gasteiger partial charge in [-0.3, -0.25) is 0 Å². The molecule has 5 heteroatoms. The number of ether oxygens (including phenoxy) is 1. The largest absolute Gasteiger partial charge is 0.478 e. The molecule has 0 spiro atoms.